The first kappa shape index (κ1) is 18.3. The fraction of sp³-hybridized carbons (Fsp3) is 0.364. The van der Waals surface area contributed by atoms with E-state index in [-0.39, 0.29) is 11.3 Å². The van der Waals surface area contributed by atoms with Gasteiger partial charge in [-0.3, -0.25) is 4.79 Å². The molecule has 1 aliphatic carbocycles. The van der Waals surface area contributed by atoms with Crippen LogP contribution in [0.25, 0.3) is 0 Å². The summed E-state index contributed by atoms with van der Waals surface area (Å²) in [5, 5.41) is 0. The number of rotatable bonds is 5. The Morgan fingerprint density at radius 1 is 1.00 bits per heavy atom. The van der Waals surface area contributed by atoms with Gasteiger partial charge in [0.1, 0.15) is 13.2 Å². The van der Waals surface area contributed by atoms with Gasteiger partial charge in [-0.25, -0.2) is 4.79 Å². The van der Waals surface area contributed by atoms with Gasteiger partial charge in [-0.15, -0.1) is 0 Å². The lowest BCUT2D eigenvalue weighted by molar-refractivity contribution is 0.0317. The third-order valence-electron chi connectivity index (χ3n) is 5.10. The predicted octanol–water partition coefficient (Wildman–Crippen LogP) is 3.38. The van der Waals surface area contributed by atoms with Gasteiger partial charge in [0.2, 0.25) is 11.5 Å². The molecule has 0 amide bonds. The molecule has 0 N–H and O–H groups in total. The van der Waals surface area contributed by atoms with E-state index >= 15 is 0 Å². The van der Waals surface area contributed by atoms with Crippen molar-refractivity contribution < 1.29 is 28.5 Å². The molecular weight excluding hydrogens is 360 g/mol. The van der Waals surface area contributed by atoms with Crippen LogP contribution in [0.5, 0.6) is 17.2 Å². The maximum Gasteiger partial charge on any atom is 0.339 e. The predicted molar refractivity (Wildman–Crippen MR) is 102 cm³/mol. The lowest BCUT2D eigenvalue weighted by atomic mass is 10.0. The molecule has 6 nitrogen and oxygen atoms in total. The molecule has 4 rings (SSSR count). The van der Waals surface area contributed by atoms with Gasteiger partial charge in [0.15, 0.2) is 17.6 Å². The van der Waals surface area contributed by atoms with Crippen LogP contribution in [0.4, 0.5) is 0 Å². The minimum absolute atomic E-state index is 0.215. The molecule has 0 fully saturated rings. The number of carbonyl (C=O) groups excluding carboxylic acids is 2. The highest BCUT2D eigenvalue weighted by atomic mass is 16.6. The van der Waals surface area contributed by atoms with E-state index in [1.165, 1.54) is 24.3 Å². The monoisotopic (exact) mass is 382 g/mol. The van der Waals surface area contributed by atoms with Crippen LogP contribution >= 0.6 is 0 Å². The van der Waals surface area contributed by atoms with E-state index in [2.05, 4.69) is 0 Å². The summed E-state index contributed by atoms with van der Waals surface area (Å²) in [5.41, 5.74) is 3.32. The van der Waals surface area contributed by atoms with E-state index in [4.69, 9.17) is 18.9 Å². The minimum Gasteiger partial charge on any atom is -0.493 e. The van der Waals surface area contributed by atoms with Crippen LogP contribution in [0.2, 0.25) is 0 Å². The summed E-state index contributed by atoms with van der Waals surface area (Å²) in [4.78, 5) is 25.3. The van der Waals surface area contributed by atoms with Crippen LogP contribution in [0.15, 0.2) is 30.3 Å². The largest absolute Gasteiger partial charge is 0.493 e. The van der Waals surface area contributed by atoms with Gasteiger partial charge in [-0.05, 0) is 55.5 Å². The van der Waals surface area contributed by atoms with Crippen molar-refractivity contribution in [1.82, 2.24) is 0 Å². The zero-order valence-electron chi connectivity index (χ0n) is 15.9. The first-order chi connectivity index (χ1) is 13.6. The van der Waals surface area contributed by atoms with Crippen LogP contribution < -0.4 is 14.2 Å². The number of aryl methyl sites for hydroxylation is 2. The van der Waals surface area contributed by atoms with Crippen molar-refractivity contribution in [2.45, 2.75) is 32.3 Å². The molecule has 6 heteroatoms. The quantitative estimate of drug-likeness (QED) is 0.583. The van der Waals surface area contributed by atoms with E-state index in [1.54, 1.807) is 13.0 Å². The Bertz CT molecular complexity index is 916. The number of ketones is 1. The Balaban J connectivity index is 1.51. The van der Waals surface area contributed by atoms with E-state index < -0.39 is 12.1 Å². The highest BCUT2D eigenvalue weighted by Gasteiger charge is 2.25. The second-order valence-corrected chi connectivity index (χ2v) is 6.95. The number of benzene rings is 2. The zero-order valence-corrected chi connectivity index (χ0v) is 15.9. The number of hydrogen-bond acceptors (Lipinski definition) is 6. The molecule has 0 bridgehead atoms. The SMILES string of the molecule is COc1cc(C(=O)O[C@H](C)C(=O)c2ccc3c(c2)CCC3)cc2c1OCCO2. The smallest absolute Gasteiger partial charge is 0.339 e. The summed E-state index contributed by atoms with van der Waals surface area (Å²) in [5.74, 6) is 0.453. The molecule has 0 unspecified atom stereocenters. The highest BCUT2D eigenvalue weighted by molar-refractivity contribution is 6.01. The molecule has 0 saturated carbocycles. The molecule has 1 heterocycles. The molecule has 2 aromatic carbocycles. The normalized spacial score (nSPS) is 15.5. The summed E-state index contributed by atoms with van der Waals surface area (Å²) in [6, 6.07) is 8.80. The molecule has 2 aromatic rings. The van der Waals surface area contributed by atoms with Crippen LogP contribution in [-0.4, -0.2) is 38.2 Å². The minimum atomic E-state index is -0.897. The summed E-state index contributed by atoms with van der Waals surface area (Å²) >= 11 is 0. The molecule has 146 valence electrons. The second-order valence-electron chi connectivity index (χ2n) is 6.95. The van der Waals surface area contributed by atoms with Crippen LogP contribution in [0.3, 0.4) is 0 Å². The Hall–Kier alpha value is -3.02. The van der Waals surface area contributed by atoms with E-state index in [0.717, 1.165) is 19.3 Å². The lowest BCUT2D eigenvalue weighted by Crippen LogP contribution is -2.25. The molecule has 0 radical (unpaired) electrons. The number of ether oxygens (including phenoxy) is 4. The first-order valence-corrected chi connectivity index (χ1v) is 9.41. The Kier molecular flexibility index (Phi) is 4.94. The summed E-state index contributed by atoms with van der Waals surface area (Å²) in [6.07, 6.45) is 2.26. The molecule has 0 saturated heterocycles. The van der Waals surface area contributed by atoms with Crippen LogP contribution in [0, 0.1) is 0 Å². The number of methoxy groups -OCH3 is 1. The lowest BCUT2D eigenvalue weighted by Gasteiger charge is -2.21. The third-order valence-corrected chi connectivity index (χ3v) is 5.10. The second kappa shape index (κ2) is 7.54. The molecule has 0 spiro atoms. The summed E-state index contributed by atoms with van der Waals surface area (Å²) in [7, 11) is 1.49. The van der Waals surface area contributed by atoms with E-state index in [0.29, 0.717) is 36.0 Å². The standard InChI is InChI=1S/C22H22O6/c1-13(20(23)16-7-6-14-4-3-5-15(14)10-16)28-22(24)17-11-18(25-2)21-19(12-17)26-8-9-27-21/h6-7,10-13H,3-5,8-9H2,1-2H3/t13-/m1/s1. The van der Waals surface area contributed by atoms with Crippen molar-refractivity contribution in [2.24, 2.45) is 0 Å². The summed E-state index contributed by atoms with van der Waals surface area (Å²) in [6.45, 7) is 2.39. The summed E-state index contributed by atoms with van der Waals surface area (Å²) < 4.78 is 21.8. The molecule has 28 heavy (non-hydrogen) atoms. The molecule has 0 aromatic heterocycles. The number of fused-ring (bicyclic) bond motifs is 2. The third kappa shape index (κ3) is 3.42. The molecule has 1 aliphatic heterocycles. The fourth-order valence-corrected chi connectivity index (χ4v) is 3.63. The Labute approximate surface area is 163 Å². The molecule has 1 atom stereocenters. The number of Topliss-reactive ketones (excluding diaryl/α,β-unsaturated/α-hetero) is 1. The van der Waals surface area contributed by atoms with Crippen LogP contribution in [-0.2, 0) is 17.6 Å². The first-order valence-electron chi connectivity index (χ1n) is 9.41. The maximum atomic E-state index is 12.7. The highest BCUT2D eigenvalue weighted by Crippen LogP contribution is 2.40. The van der Waals surface area contributed by atoms with E-state index in [1.807, 2.05) is 18.2 Å². The van der Waals surface area contributed by atoms with E-state index in [9.17, 15) is 9.59 Å². The van der Waals surface area contributed by atoms with Crippen molar-refractivity contribution in [3.05, 3.63) is 52.6 Å². The molecular formula is C22H22O6. The zero-order chi connectivity index (χ0) is 19.7. The van der Waals surface area contributed by atoms with Gasteiger partial charge < -0.3 is 18.9 Å². The number of hydrogen-bond donors (Lipinski definition) is 0. The average Bonchev–Trinajstić information content (AvgIpc) is 3.20. The van der Waals surface area contributed by atoms with Gasteiger partial charge in [-0.1, -0.05) is 12.1 Å². The Morgan fingerprint density at radius 2 is 1.79 bits per heavy atom. The fourth-order valence-electron chi connectivity index (χ4n) is 3.63. The van der Waals surface area contributed by atoms with Crippen molar-refractivity contribution in [3.8, 4) is 17.2 Å². The van der Waals surface area contributed by atoms with Gasteiger partial charge in [0.25, 0.3) is 0 Å². The van der Waals surface area contributed by atoms with Crippen molar-refractivity contribution in [3.63, 3.8) is 0 Å². The number of carbonyl (C=O) groups is 2. The van der Waals surface area contributed by atoms with Gasteiger partial charge >= 0.3 is 5.97 Å². The van der Waals surface area contributed by atoms with Crippen molar-refractivity contribution in [1.29, 1.82) is 0 Å². The van der Waals surface area contributed by atoms with Gasteiger partial charge in [0.05, 0.1) is 12.7 Å². The number of esters is 1. The maximum absolute atomic E-state index is 12.7. The van der Waals surface area contributed by atoms with Crippen molar-refractivity contribution >= 4 is 11.8 Å². The van der Waals surface area contributed by atoms with Gasteiger partial charge in [-0.2, -0.15) is 0 Å². The topological polar surface area (TPSA) is 71.1 Å². The van der Waals surface area contributed by atoms with Gasteiger partial charge in [0, 0.05) is 5.56 Å². The average molecular weight is 382 g/mol. The molecule has 2 aliphatic rings. The Morgan fingerprint density at radius 3 is 2.61 bits per heavy atom. The van der Waals surface area contributed by atoms with Crippen molar-refractivity contribution in [2.75, 3.05) is 20.3 Å². The van der Waals surface area contributed by atoms with Crippen LogP contribution in [0.1, 0.15) is 45.2 Å².